The molecule has 1 heteroatoms. The number of carbonyl (C=O) groups is 1. The van der Waals surface area contributed by atoms with Crippen molar-refractivity contribution in [2.45, 2.75) is 13.3 Å². The minimum atomic E-state index is 0.241. The number of benzene rings is 1. The lowest BCUT2D eigenvalue weighted by atomic mass is 9.90. The second-order valence-corrected chi connectivity index (χ2v) is 3.18. The number of carbonyl (C=O) groups excluding carboxylic acids is 1. The van der Waals surface area contributed by atoms with Crippen molar-refractivity contribution in [1.29, 1.82) is 0 Å². The molecule has 0 atom stereocenters. The second kappa shape index (κ2) is 2.59. The molecule has 1 nitrogen and oxygen atoms in total. The third kappa shape index (κ3) is 1.18. The third-order valence-electron chi connectivity index (χ3n) is 2.12. The van der Waals surface area contributed by atoms with Crippen LogP contribution in [0.15, 0.2) is 30.3 Å². The Labute approximate surface area is 71.7 Å². The van der Waals surface area contributed by atoms with E-state index in [1.54, 1.807) is 6.08 Å². The van der Waals surface area contributed by atoms with Gasteiger partial charge in [-0.3, -0.25) is 4.79 Å². The van der Waals surface area contributed by atoms with Crippen molar-refractivity contribution in [1.82, 2.24) is 0 Å². The summed E-state index contributed by atoms with van der Waals surface area (Å²) in [5, 5.41) is 0. The van der Waals surface area contributed by atoms with Crippen LogP contribution in [0.1, 0.15) is 17.5 Å². The van der Waals surface area contributed by atoms with Gasteiger partial charge < -0.3 is 0 Å². The van der Waals surface area contributed by atoms with Crippen molar-refractivity contribution >= 4 is 11.4 Å². The van der Waals surface area contributed by atoms with Gasteiger partial charge in [0.2, 0.25) is 0 Å². The first kappa shape index (κ1) is 7.29. The summed E-state index contributed by atoms with van der Waals surface area (Å²) in [4.78, 5) is 10.7. The molecule has 0 unspecified atom stereocenters. The van der Waals surface area contributed by atoms with Crippen molar-refractivity contribution in [2.75, 3.05) is 0 Å². The van der Waals surface area contributed by atoms with Crippen LogP contribution < -0.4 is 0 Å². The summed E-state index contributed by atoms with van der Waals surface area (Å²) < 4.78 is 0. The molecule has 0 heterocycles. The van der Waals surface area contributed by atoms with Crippen LogP contribution in [-0.2, 0) is 4.79 Å². The summed E-state index contributed by atoms with van der Waals surface area (Å²) in [6, 6.07) is 8.26. The Balaban J connectivity index is 2.31. The SMILES string of the molecule is Cc1ccc(C2=CC(=O)C2)cc1. The highest BCUT2D eigenvalue weighted by Gasteiger charge is 2.15. The topological polar surface area (TPSA) is 17.1 Å². The van der Waals surface area contributed by atoms with E-state index in [9.17, 15) is 4.79 Å². The number of hydrogen-bond donors (Lipinski definition) is 0. The number of ketones is 1. The van der Waals surface area contributed by atoms with Crippen molar-refractivity contribution in [3.63, 3.8) is 0 Å². The number of hydrogen-bond acceptors (Lipinski definition) is 1. The Morgan fingerprint density at radius 2 is 1.75 bits per heavy atom. The van der Waals surface area contributed by atoms with E-state index in [0.717, 1.165) is 0 Å². The van der Waals surface area contributed by atoms with Crippen LogP contribution in [0, 0.1) is 6.92 Å². The standard InChI is InChI=1S/C11H10O/c1-8-2-4-9(5-3-8)10-6-11(12)7-10/h2-6H,7H2,1H3. The van der Waals surface area contributed by atoms with Gasteiger partial charge >= 0.3 is 0 Å². The van der Waals surface area contributed by atoms with E-state index in [2.05, 4.69) is 31.2 Å². The molecular weight excluding hydrogens is 148 g/mol. The predicted octanol–water partition coefficient (Wildman–Crippen LogP) is 2.35. The molecule has 0 aromatic heterocycles. The Kier molecular flexibility index (Phi) is 1.58. The minimum Gasteiger partial charge on any atom is -0.294 e. The maximum absolute atomic E-state index is 10.7. The van der Waals surface area contributed by atoms with Gasteiger partial charge in [0.25, 0.3) is 0 Å². The molecule has 1 aromatic carbocycles. The summed E-state index contributed by atoms with van der Waals surface area (Å²) in [6.07, 6.45) is 2.33. The molecule has 0 saturated heterocycles. The van der Waals surface area contributed by atoms with E-state index >= 15 is 0 Å². The van der Waals surface area contributed by atoms with Crippen LogP contribution in [0.4, 0.5) is 0 Å². The lowest BCUT2D eigenvalue weighted by molar-refractivity contribution is -0.114. The minimum absolute atomic E-state index is 0.241. The third-order valence-corrected chi connectivity index (χ3v) is 2.12. The Morgan fingerprint density at radius 3 is 2.25 bits per heavy atom. The highest BCUT2D eigenvalue weighted by Crippen LogP contribution is 2.26. The second-order valence-electron chi connectivity index (χ2n) is 3.18. The van der Waals surface area contributed by atoms with Crippen LogP contribution in [0.3, 0.4) is 0 Å². The summed E-state index contributed by atoms with van der Waals surface area (Å²) in [5.74, 6) is 0.241. The molecule has 0 N–H and O–H groups in total. The maximum Gasteiger partial charge on any atom is 0.160 e. The Hall–Kier alpha value is -1.37. The average molecular weight is 158 g/mol. The Morgan fingerprint density at radius 1 is 1.17 bits per heavy atom. The zero-order chi connectivity index (χ0) is 8.55. The molecule has 0 aliphatic heterocycles. The van der Waals surface area contributed by atoms with Gasteiger partial charge in [-0.25, -0.2) is 0 Å². The molecule has 1 aliphatic carbocycles. The first-order valence-corrected chi connectivity index (χ1v) is 4.06. The highest BCUT2D eigenvalue weighted by atomic mass is 16.1. The molecular formula is C11H10O. The fourth-order valence-electron chi connectivity index (χ4n) is 1.31. The zero-order valence-electron chi connectivity index (χ0n) is 7.00. The van der Waals surface area contributed by atoms with E-state index < -0.39 is 0 Å². The van der Waals surface area contributed by atoms with Gasteiger partial charge in [-0.05, 0) is 24.1 Å². The van der Waals surface area contributed by atoms with Crippen LogP contribution in [0.25, 0.3) is 5.57 Å². The number of aryl methyl sites for hydroxylation is 1. The van der Waals surface area contributed by atoms with Crippen LogP contribution in [-0.4, -0.2) is 5.78 Å². The molecule has 0 bridgehead atoms. The summed E-state index contributed by atoms with van der Waals surface area (Å²) in [6.45, 7) is 2.06. The molecule has 0 amide bonds. The maximum atomic E-state index is 10.7. The number of allylic oxidation sites excluding steroid dienone is 2. The monoisotopic (exact) mass is 158 g/mol. The van der Waals surface area contributed by atoms with Gasteiger partial charge in [-0.15, -0.1) is 0 Å². The quantitative estimate of drug-likeness (QED) is 0.613. The molecule has 12 heavy (non-hydrogen) atoms. The highest BCUT2D eigenvalue weighted by molar-refractivity contribution is 6.11. The van der Waals surface area contributed by atoms with Gasteiger partial charge in [-0.2, -0.15) is 0 Å². The average Bonchev–Trinajstić information content (AvgIpc) is 2.01. The van der Waals surface area contributed by atoms with E-state index in [4.69, 9.17) is 0 Å². The van der Waals surface area contributed by atoms with E-state index in [0.29, 0.717) is 6.42 Å². The van der Waals surface area contributed by atoms with Crippen molar-refractivity contribution < 1.29 is 4.79 Å². The smallest absolute Gasteiger partial charge is 0.160 e. The van der Waals surface area contributed by atoms with Crippen molar-refractivity contribution in [2.24, 2.45) is 0 Å². The number of rotatable bonds is 1. The van der Waals surface area contributed by atoms with Gasteiger partial charge in [0.15, 0.2) is 5.78 Å². The summed E-state index contributed by atoms with van der Waals surface area (Å²) in [5.41, 5.74) is 3.60. The lowest BCUT2D eigenvalue weighted by Crippen LogP contribution is -2.06. The van der Waals surface area contributed by atoms with E-state index in [-0.39, 0.29) is 5.78 Å². The van der Waals surface area contributed by atoms with Crippen molar-refractivity contribution in [3.8, 4) is 0 Å². The molecule has 60 valence electrons. The molecule has 0 fully saturated rings. The molecule has 2 rings (SSSR count). The van der Waals surface area contributed by atoms with Crippen LogP contribution in [0.2, 0.25) is 0 Å². The van der Waals surface area contributed by atoms with E-state index in [1.807, 2.05) is 0 Å². The largest absolute Gasteiger partial charge is 0.294 e. The fourth-order valence-corrected chi connectivity index (χ4v) is 1.31. The van der Waals surface area contributed by atoms with Gasteiger partial charge in [0.1, 0.15) is 0 Å². The van der Waals surface area contributed by atoms with Gasteiger partial charge in [-0.1, -0.05) is 29.8 Å². The van der Waals surface area contributed by atoms with E-state index in [1.165, 1.54) is 16.7 Å². The van der Waals surface area contributed by atoms with Gasteiger partial charge in [0, 0.05) is 6.42 Å². The predicted molar refractivity (Wildman–Crippen MR) is 48.8 cm³/mol. The molecule has 0 saturated carbocycles. The fraction of sp³-hybridized carbons (Fsp3) is 0.182. The molecule has 1 aliphatic rings. The van der Waals surface area contributed by atoms with Crippen LogP contribution >= 0.6 is 0 Å². The normalized spacial score (nSPS) is 15.4. The van der Waals surface area contributed by atoms with Crippen molar-refractivity contribution in [3.05, 3.63) is 41.5 Å². The summed E-state index contributed by atoms with van der Waals surface area (Å²) >= 11 is 0. The first-order valence-electron chi connectivity index (χ1n) is 4.06. The van der Waals surface area contributed by atoms with Gasteiger partial charge in [0.05, 0.1) is 0 Å². The molecule has 0 radical (unpaired) electrons. The van der Waals surface area contributed by atoms with Crippen LogP contribution in [0.5, 0.6) is 0 Å². The zero-order valence-corrected chi connectivity index (χ0v) is 7.00. The Bertz CT molecular complexity index is 344. The molecule has 0 spiro atoms. The lowest BCUT2D eigenvalue weighted by Gasteiger charge is -2.13. The first-order chi connectivity index (χ1) is 5.75. The summed E-state index contributed by atoms with van der Waals surface area (Å²) in [7, 11) is 0. The molecule has 1 aromatic rings.